The van der Waals surface area contributed by atoms with Crippen molar-refractivity contribution in [2.75, 3.05) is 5.32 Å². The first kappa shape index (κ1) is 15.0. The summed E-state index contributed by atoms with van der Waals surface area (Å²) in [6.45, 7) is 4.04. The van der Waals surface area contributed by atoms with Gasteiger partial charge in [0.1, 0.15) is 11.5 Å². The summed E-state index contributed by atoms with van der Waals surface area (Å²) in [6, 6.07) is 5.97. The molecule has 0 radical (unpaired) electrons. The minimum absolute atomic E-state index is 0.00226. The van der Waals surface area contributed by atoms with Gasteiger partial charge in [0.15, 0.2) is 0 Å². The van der Waals surface area contributed by atoms with Gasteiger partial charge < -0.3 is 9.88 Å². The number of nitrogens with one attached hydrogen (secondary N) is 1. The standard InChI is InChI=1S/C15H18N6O2/c1-9-6-5-7-11-13(9)19(3)12(17-11)8-16-15-14(21(22)23)10(2)18-20(15)4/h5-7,16H,8H2,1-4H3. The molecule has 8 heteroatoms. The van der Waals surface area contributed by atoms with Crippen molar-refractivity contribution in [2.24, 2.45) is 14.1 Å². The Balaban J connectivity index is 1.95. The van der Waals surface area contributed by atoms with E-state index in [4.69, 9.17) is 0 Å². The van der Waals surface area contributed by atoms with E-state index in [0.717, 1.165) is 22.4 Å². The van der Waals surface area contributed by atoms with Gasteiger partial charge in [-0.05, 0) is 25.5 Å². The van der Waals surface area contributed by atoms with Crippen LogP contribution in [0.5, 0.6) is 0 Å². The van der Waals surface area contributed by atoms with Gasteiger partial charge in [0.25, 0.3) is 0 Å². The minimum atomic E-state index is -0.413. The van der Waals surface area contributed by atoms with Crippen molar-refractivity contribution in [2.45, 2.75) is 20.4 Å². The average molecular weight is 314 g/mol. The maximum absolute atomic E-state index is 11.2. The van der Waals surface area contributed by atoms with E-state index >= 15 is 0 Å². The van der Waals surface area contributed by atoms with E-state index < -0.39 is 4.92 Å². The van der Waals surface area contributed by atoms with Crippen molar-refractivity contribution in [3.63, 3.8) is 0 Å². The second kappa shape index (κ2) is 5.38. The molecular formula is C15H18N6O2. The number of hydrogen-bond acceptors (Lipinski definition) is 5. The minimum Gasteiger partial charge on any atom is -0.357 e. The molecular weight excluding hydrogens is 296 g/mol. The number of imidazole rings is 1. The third-order valence-electron chi connectivity index (χ3n) is 3.98. The van der Waals surface area contributed by atoms with Crippen molar-refractivity contribution in [1.82, 2.24) is 19.3 Å². The molecule has 0 saturated heterocycles. The van der Waals surface area contributed by atoms with Crippen molar-refractivity contribution < 1.29 is 4.92 Å². The quantitative estimate of drug-likeness (QED) is 0.590. The number of benzene rings is 1. The molecule has 120 valence electrons. The largest absolute Gasteiger partial charge is 0.357 e. The second-order valence-corrected chi connectivity index (χ2v) is 5.55. The van der Waals surface area contributed by atoms with E-state index in [2.05, 4.69) is 15.4 Å². The van der Waals surface area contributed by atoms with E-state index in [0.29, 0.717) is 18.1 Å². The number of para-hydroxylation sites is 1. The zero-order valence-corrected chi connectivity index (χ0v) is 13.5. The van der Waals surface area contributed by atoms with Gasteiger partial charge in [0.2, 0.25) is 5.82 Å². The van der Waals surface area contributed by atoms with Crippen molar-refractivity contribution in [3.05, 3.63) is 45.4 Å². The van der Waals surface area contributed by atoms with Crippen molar-refractivity contribution in [3.8, 4) is 0 Å². The fourth-order valence-electron chi connectivity index (χ4n) is 2.90. The molecule has 0 spiro atoms. The van der Waals surface area contributed by atoms with Gasteiger partial charge >= 0.3 is 5.69 Å². The van der Waals surface area contributed by atoms with Gasteiger partial charge in [-0.15, -0.1) is 0 Å². The molecule has 3 rings (SSSR count). The maximum Gasteiger partial charge on any atom is 0.333 e. The predicted octanol–water partition coefficient (Wildman–Crippen LogP) is 2.44. The molecule has 2 heterocycles. The molecule has 1 aromatic carbocycles. The van der Waals surface area contributed by atoms with Crippen LogP contribution in [0.1, 0.15) is 17.1 Å². The van der Waals surface area contributed by atoms with Crippen molar-refractivity contribution >= 4 is 22.5 Å². The molecule has 0 aliphatic heterocycles. The topological polar surface area (TPSA) is 90.8 Å². The summed E-state index contributed by atoms with van der Waals surface area (Å²) in [6.07, 6.45) is 0. The van der Waals surface area contributed by atoms with Crippen LogP contribution in [0.2, 0.25) is 0 Å². The molecule has 1 N–H and O–H groups in total. The Morgan fingerprint density at radius 3 is 2.70 bits per heavy atom. The van der Waals surface area contributed by atoms with E-state index in [9.17, 15) is 10.1 Å². The Bertz CT molecular complexity index is 908. The number of aromatic nitrogens is 4. The molecule has 0 aliphatic rings. The van der Waals surface area contributed by atoms with Crippen LogP contribution in [0.15, 0.2) is 18.2 Å². The number of hydrogen-bond donors (Lipinski definition) is 1. The highest BCUT2D eigenvalue weighted by molar-refractivity contribution is 5.79. The summed E-state index contributed by atoms with van der Waals surface area (Å²) in [4.78, 5) is 15.4. The third-order valence-corrected chi connectivity index (χ3v) is 3.98. The van der Waals surface area contributed by atoms with Gasteiger partial charge in [-0.2, -0.15) is 5.10 Å². The highest BCUT2D eigenvalue weighted by atomic mass is 16.6. The third kappa shape index (κ3) is 2.41. The predicted molar refractivity (Wildman–Crippen MR) is 87.4 cm³/mol. The van der Waals surface area contributed by atoms with Crippen LogP contribution in [-0.2, 0) is 20.6 Å². The smallest absolute Gasteiger partial charge is 0.333 e. The molecule has 0 aliphatic carbocycles. The lowest BCUT2D eigenvalue weighted by atomic mass is 10.2. The second-order valence-electron chi connectivity index (χ2n) is 5.55. The first-order valence-electron chi connectivity index (χ1n) is 7.23. The monoisotopic (exact) mass is 314 g/mol. The number of aryl methyl sites for hydroxylation is 4. The zero-order valence-electron chi connectivity index (χ0n) is 13.5. The van der Waals surface area contributed by atoms with Crippen molar-refractivity contribution in [1.29, 1.82) is 0 Å². The number of fused-ring (bicyclic) bond motifs is 1. The van der Waals surface area contributed by atoms with Gasteiger partial charge in [0.05, 0.1) is 22.5 Å². The van der Waals surface area contributed by atoms with Crippen LogP contribution in [-0.4, -0.2) is 24.3 Å². The number of rotatable bonds is 4. The molecule has 0 atom stereocenters. The van der Waals surface area contributed by atoms with E-state index in [-0.39, 0.29) is 5.69 Å². The molecule has 8 nitrogen and oxygen atoms in total. The summed E-state index contributed by atoms with van der Waals surface area (Å²) in [5, 5.41) is 18.4. The number of anilines is 1. The van der Waals surface area contributed by atoms with Crippen LogP contribution >= 0.6 is 0 Å². The van der Waals surface area contributed by atoms with Crippen LogP contribution < -0.4 is 5.32 Å². The Morgan fingerprint density at radius 2 is 2.04 bits per heavy atom. The molecule has 0 fully saturated rings. The maximum atomic E-state index is 11.2. The number of nitro groups is 1. The SMILES string of the molecule is Cc1nn(C)c(NCc2nc3cccc(C)c3n2C)c1[N+](=O)[O-]. The summed E-state index contributed by atoms with van der Waals surface area (Å²) in [5.74, 6) is 1.19. The van der Waals surface area contributed by atoms with E-state index in [1.807, 2.05) is 36.7 Å². The molecule has 0 amide bonds. The van der Waals surface area contributed by atoms with Crippen LogP contribution in [0, 0.1) is 24.0 Å². The zero-order chi connectivity index (χ0) is 16.7. The Kier molecular flexibility index (Phi) is 3.51. The average Bonchev–Trinajstić information content (AvgIpc) is 2.94. The molecule has 0 unspecified atom stereocenters. The highest BCUT2D eigenvalue weighted by Gasteiger charge is 2.24. The Labute approximate surface area is 132 Å². The lowest BCUT2D eigenvalue weighted by Crippen LogP contribution is -2.10. The molecule has 3 aromatic rings. The van der Waals surface area contributed by atoms with Crippen LogP contribution in [0.4, 0.5) is 11.5 Å². The summed E-state index contributed by atoms with van der Waals surface area (Å²) >= 11 is 0. The fraction of sp³-hybridized carbons (Fsp3) is 0.333. The summed E-state index contributed by atoms with van der Waals surface area (Å²) in [5.41, 5.74) is 3.52. The fourth-order valence-corrected chi connectivity index (χ4v) is 2.90. The van der Waals surface area contributed by atoms with E-state index in [1.54, 1.807) is 14.0 Å². The van der Waals surface area contributed by atoms with Crippen LogP contribution in [0.3, 0.4) is 0 Å². The summed E-state index contributed by atoms with van der Waals surface area (Å²) < 4.78 is 3.49. The molecule has 0 bridgehead atoms. The van der Waals surface area contributed by atoms with Gasteiger partial charge in [-0.1, -0.05) is 12.1 Å². The normalized spacial score (nSPS) is 11.1. The molecule has 23 heavy (non-hydrogen) atoms. The highest BCUT2D eigenvalue weighted by Crippen LogP contribution is 2.28. The number of nitrogens with zero attached hydrogens (tertiary/aromatic N) is 5. The Morgan fingerprint density at radius 1 is 1.30 bits per heavy atom. The van der Waals surface area contributed by atoms with Gasteiger partial charge in [0, 0.05) is 14.1 Å². The first-order chi connectivity index (χ1) is 10.9. The summed E-state index contributed by atoms with van der Waals surface area (Å²) in [7, 11) is 3.63. The van der Waals surface area contributed by atoms with E-state index in [1.165, 1.54) is 4.68 Å². The van der Waals surface area contributed by atoms with Crippen LogP contribution in [0.25, 0.3) is 11.0 Å². The lowest BCUT2D eigenvalue weighted by molar-refractivity contribution is -0.384. The molecule has 0 saturated carbocycles. The Hall–Kier alpha value is -2.90. The molecule has 2 aromatic heterocycles. The lowest BCUT2D eigenvalue weighted by Gasteiger charge is -2.07. The van der Waals surface area contributed by atoms with Gasteiger partial charge in [-0.25, -0.2) is 9.67 Å². The first-order valence-corrected chi connectivity index (χ1v) is 7.23. The van der Waals surface area contributed by atoms with Gasteiger partial charge in [-0.3, -0.25) is 10.1 Å².